The summed E-state index contributed by atoms with van der Waals surface area (Å²) >= 11 is 0. The highest BCUT2D eigenvalue weighted by Gasteiger charge is 2.09. The lowest BCUT2D eigenvalue weighted by molar-refractivity contribution is -0.123. The predicted octanol–water partition coefficient (Wildman–Crippen LogP) is -0.788. The summed E-state index contributed by atoms with van der Waals surface area (Å²) in [4.78, 5) is 11.2. The number of aliphatic hydroxyl groups is 1. The van der Waals surface area contributed by atoms with Gasteiger partial charge in [0.1, 0.15) is 6.04 Å². The van der Waals surface area contributed by atoms with Gasteiger partial charge >= 0.3 is 0 Å². The third-order valence-corrected chi connectivity index (χ3v) is 2.31. The number of hydrogen-bond donors (Lipinski definition) is 4. The minimum absolute atomic E-state index is 0.325. The number of aliphatic hydroxyl groups excluding tert-OH is 1. The molecule has 0 unspecified atom stereocenters. The van der Waals surface area contributed by atoms with Gasteiger partial charge in [0, 0.05) is 19.6 Å². The second-order valence-electron chi connectivity index (χ2n) is 3.74. The Morgan fingerprint density at radius 2 is 2.00 bits per heavy atom. The van der Waals surface area contributed by atoms with E-state index in [1.807, 2.05) is 30.3 Å². The molecule has 1 rings (SSSR count). The Bertz CT molecular complexity index is 330. The fourth-order valence-electron chi connectivity index (χ4n) is 1.32. The molecule has 0 aliphatic heterocycles. The summed E-state index contributed by atoms with van der Waals surface area (Å²) in [6, 6.07) is 9.18. The molecule has 17 heavy (non-hydrogen) atoms. The van der Waals surface area contributed by atoms with Crippen LogP contribution < -0.4 is 16.4 Å². The Morgan fingerprint density at radius 3 is 2.65 bits per heavy atom. The summed E-state index contributed by atoms with van der Waals surface area (Å²) in [6.07, 6.45) is 0. The van der Waals surface area contributed by atoms with Gasteiger partial charge in [0.25, 0.3) is 0 Å². The van der Waals surface area contributed by atoms with Gasteiger partial charge in [0.15, 0.2) is 0 Å². The Balaban J connectivity index is 2.07. The first-order valence-corrected chi connectivity index (χ1v) is 5.63. The number of carbonyl (C=O) groups is 1. The van der Waals surface area contributed by atoms with Crippen LogP contribution >= 0.6 is 0 Å². The highest BCUT2D eigenvalue weighted by molar-refractivity contribution is 5.81. The van der Waals surface area contributed by atoms with E-state index in [1.54, 1.807) is 0 Å². The van der Waals surface area contributed by atoms with Gasteiger partial charge in [0.2, 0.25) is 5.91 Å². The minimum atomic E-state index is -0.830. The van der Waals surface area contributed by atoms with E-state index in [0.717, 1.165) is 6.54 Å². The summed E-state index contributed by atoms with van der Waals surface area (Å²) in [6.45, 7) is 1.60. The van der Waals surface area contributed by atoms with Crippen LogP contribution in [0, 0.1) is 0 Å². The molecule has 1 amide bonds. The molecule has 5 nitrogen and oxygen atoms in total. The Hall–Kier alpha value is -1.43. The summed E-state index contributed by atoms with van der Waals surface area (Å²) in [7, 11) is 0. The summed E-state index contributed by atoms with van der Waals surface area (Å²) in [5.74, 6) is -0.325. The molecule has 0 bridgehead atoms. The molecule has 1 aromatic carbocycles. The van der Waals surface area contributed by atoms with E-state index in [0.29, 0.717) is 13.1 Å². The van der Waals surface area contributed by atoms with E-state index in [9.17, 15) is 4.79 Å². The average Bonchev–Trinajstić information content (AvgIpc) is 2.38. The maximum atomic E-state index is 11.2. The van der Waals surface area contributed by atoms with Gasteiger partial charge in [-0.3, -0.25) is 4.79 Å². The molecular formula is C12H19N3O2. The molecule has 1 aromatic rings. The first-order valence-electron chi connectivity index (χ1n) is 5.63. The van der Waals surface area contributed by atoms with Gasteiger partial charge in [-0.1, -0.05) is 30.3 Å². The smallest absolute Gasteiger partial charge is 0.239 e. The summed E-state index contributed by atoms with van der Waals surface area (Å²) < 4.78 is 0. The van der Waals surface area contributed by atoms with Crippen molar-refractivity contribution >= 4 is 5.91 Å². The minimum Gasteiger partial charge on any atom is -0.394 e. The molecule has 5 N–H and O–H groups in total. The quantitative estimate of drug-likeness (QED) is 0.468. The first kappa shape index (κ1) is 13.6. The van der Waals surface area contributed by atoms with Gasteiger partial charge in [-0.05, 0) is 5.56 Å². The highest BCUT2D eigenvalue weighted by Crippen LogP contribution is 1.96. The van der Waals surface area contributed by atoms with Crippen LogP contribution in [0.25, 0.3) is 0 Å². The summed E-state index contributed by atoms with van der Waals surface area (Å²) in [5.41, 5.74) is 6.54. The zero-order valence-electron chi connectivity index (χ0n) is 9.73. The van der Waals surface area contributed by atoms with Gasteiger partial charge in [-0.2, -0.15) is 0 Å². The molecule has 0 aromatic heterocycles. The zero-order valence-corrected chi connectivity index (χ0v) is 9.73. The van der Waals surface area contributed by atoms with Crippen molar-refractivity contribution in [3.63, 3.8) is 0 Å². The standard InChI is InChI=1S/C12H19N3O2/c13-11(9-16)12(17)15-7-6-14-8-10-4-2-1-3-5-10/h1-5,11,14,16H,6-9,13H2,(H,15,17)/t11-/m1/s1. The van der Waals surface area contributed by atoms with Crippen LogP contribution in [0.3, 0.4) is 0 Å². The first-order chi connectivity index (χ1) is 8.24. The molecule has 0 aliphatic carbocycles. The lowest BCUT2D eigenvalue weighted by Gasteiger charge is -2.10. The van der Waals surface area contributed by atoms with Crippen LogP contribution in [0.15, 0.2) is 30.3 Å². The molecule has 0 heterocycles. The molecule has 0 saturated carbocycles. The van der Waals surface area contributed by atoms with Crippen molar-refractivity contribution in [3.8, 4) is 0 Å². The number of amides is 1. The van der Waals surface area contributed by atoms with Crippen LogP contribution in [0.2, 0.25) is 0 Å². The van der Waals surface area contributed by atoms with Crippen LogP contribution in [-0.4, -0.2) is 36.8 Å². The van der Waals surface area contributed by atoms with Crippen molar-refractivity contribution in [1.29, 1.82) is 0 Å². The third kappa shape index (κ3) is 5.44. The van der Waals surface area contributed by atoms with E-state index >= 15 is 0 Å². The fraction of sp³-hybridized carbons (Fsp3) is 0.417. The number of rotatable bonds is 7. The molecule has 94 valence electrons. The van der Waals surface area contributed by atoms with E-state index in [4.69, 9.17) is 10.8 Å². The fourth-order valence-corrected chi connectivity index (χ4v) is 1.32. The Labute approximate surface area is 101 Å². The van der Waals surface area contributed by atoms with Crippen molar-refractivity contribution < 1.29 is 9.90 Å². The van der Waals surface area contributed by atoms with E-state index in [1.165, 1.54) is 5.56 Å². The second-order valence-corrected chi connectivity index (χ2v) is 3.74. The SMILES string of the molecule is N[C@H](CO)C(=O)NCCNCc1ccccc1. The maximum absolute atomic E-state index is 11.2. The monoisotopic (exact) mass is 237 g/mol. The average molecular weight is 237 g/mol. The zero-order chi connectivity index (χ0) is 12.5. The van der Waals surface area contributed by atoms with E-state index in [-0.39, 0.29) is 12.5 Å². The molecule has 0 aliphatic rings. The van der Waals surface area contributed by atoms with Crippen molar-refractivity contribution in [2.24, 2.45) is 5.73 Å². The summed E-state index contributed by atoms with van der Waals surface area (Å²) in [5, 5.41) is 14.5. The Morgan fingerprint density at radius 1 is 1.29 bits per heavy atom. The third-order valence-electron chi connectivity index (χ3n) is 2.31. The maximum Gasteiger partial charge on any atom is 0.239 e. The molecule has 0 fully saturated rings. The van der Waals surface area contributed by atoms with E-state index in [2.05, 4.69) is 10.6 Å². The largest absolute Gasteiger partial charge is 0.394 e. The Kier molecular flexibility index (Phi) is 6.24. The van der Waals surface area contributed by atoms with Crippen LogP contribution in [-0.2, 0) is 11.3 Å². The van der Waals surface area contributed by atoms with E-state index < -0.39 is 6.04 Å². The molecule has 0 spiro atoms. The topological polar surface area (TPSA) is 87.4 Å². The molecule has 5 heteroatoms. The second kappa shape index (κ2) is 7.78. The van der Waals surface area contributed by atoms with Gasteiger partial charge in [-0.25, -0.2) is 0 Å². The van der Waals surface area contributed by atoms with Crippen molar-refractivity contribution in [3.05, 3.63) is 35.9 Å². The normalized spacial score (nSPS) is 12.1. The number of hydrogen-bond acceptors (Lipinski definition) is 4. The van der Waals surface area contributed by atoms with Crippen molar-refractivity contribution in [1.82, 2.24) is 10.6 Å². The number of benzene rings is 1. The van der Waals surface area contributed by atoms with Crippen molar-refractivity contribution in [2.75, 3.05) is 19.7 Å². The highest BCUT2D eigenvalue weighted by atomic mass is 16.3. The number of nitrogens with one attached hydrogen (secondary N) is 2. The lowest BCUT2D eigenvalue weighted by atomic mass is 10.2. The van der Waals surface area contributed by atoms with Gasteiger partial charge < -0.3 is 21.5 Å². The van der Waals surface area contributed by atoms with Gasteiger partial charge in [0.05, 0.1) is 6.61 Å². The molecule has 0 saturated heterocycles. The molecule has 1 atom stereocenters. The predicted molar refractivity (Wildman–Crippen MR) is 66.2 cm³/mol. The number of nitrogens with two attached hydrogens (primary N) is 1. The van der Waals surface area contributed by atoms with Crippen LogP contribution in [0.5, 0.6) is 0 Å². The molecular weight excluding hydrogens is 218 g/mol. The molecule has 0 radical (unpaired) electrons. The van der Waals surface area contributed by atoms with Crippen molar-refractivity contribution in [2.45, 2.75) is 12.6 Å². The lowest BCUT2D eigenvalue weighted by Crippen LogP contribution is -2.44. The van der Waals surface area contributed by atoms with Gasteiger partial charge in [-0.15, -0.1) is 0 Å². The van der Waals surface area contributed by atoms with Crippen LogP contribution in [0.1, 0.15) is 5.56 Å². The number of carbonyl (C=O) groups excluding carboxylic acids is 1. The van der Waals surface area contributed by atoms with Crippen LogP contribution in [0.4, 0.5) is 0 Å².